The van der Waals surface area contributed by atoms with Crippen molar-refractivity contribution < 1.29 is 32.8 Å². The maximum atomic E-state index is 14.0. The second kappa shape index (κ2) is 15.7. The molecule has 49 heavy (non-hydrogen) atoms. The van der Waals surface area contributed by atoms with Gasteiger partial charge < -0.3 is 37.8 Å². The molecule has 0 spiro atoms. The van der Waals surface area contributed by atoms with Gasteiger partial charge in [0.1, 0.15) is 34.1 Å². The Morgan fingerprint density at radius 2 is 1.55 bits per heavy atom. The van der Waals surface area contributed by atoms with Gasteiger partial charge in [-0.3, -0.25) is 9.59 Å². The predicted octanol–water partition coefficient (Wildman–Crippen LogP) is 6.73. The molecule has 0 unspecified atom stereocenters. The molecule has 0 aliphatic rings. The lowest BCUT2D eigenvalue weighted by molar-refractivity contribution is 0.301. The number of nitriles is 1. The van der Waals surface area contributed by atoms with Crippen LogP contribution in [0.1, 0.15) is 18.4 Å². The molecule has 0 saturated heterocycles. The summed E-state index contributed by atoms with van der Waals surface area (Å²) in [7, 11) is 7.43. The molecule has 14 heteroatoms. The van der Waals surface area contributed by atoms with Crippen molar-refractivity contribution in [3.05, 3.63) is 79.7 Å². The van der Waals surface area contributed by atoms with Gasteiger partial charge in [-0.05, 0) is 37.1 Å². The van der Waals surface area contributed by atoms with Crippen LogP contribution < -0.4 is 39.4 Å². The van der Waals surface area contributed by atoms with Crippen LogP contribution in [0.5, 0.6) is 34.5 Å². The zero-order valence-electron chi connectivity index (χ0n) is 27.3. The van der Waals surface area contributed by atoms with Gasteiger partial charge in [0.25, 0.3) is 5.56 Å². The van der Waals surface area contributed by atoms with E-state index in [1.807, 2.05) is 6.07 Å². The van der Waals surface area contributed by atoms with Crippen molar-refractivity contribution in [3.63, 3.8) is 0 Å². The number of H-pyrrole nitrogens is 1. The van der Waals surface area contributed by atoms with Gasteiger partial charge in [-0.15, -0.1) is 0 Å². The maximum Gasteiger partial charge on any atom is 0.270 e. The highest BCUT2D eigenvalue weighted by atomic mass is 35.5. The Hall–Kier alpha value is -5.32. The number of rotatable bonds is 14. The van der Waals surface area contributed by atoms with Crippen LogP contribution in [0.2, 0.25) is 5.02 Å². The fraction of sp³-hybridized carbons (Fsp3) is 0.257. The Bertz CT molecular complexity index is 2120. The van der Waals surface area contributed by atoms with E-state index in [9.17, 15) is 14.9 Å². The topological polar surface area (TPSA) is 155 Å². The molecule has 5 aromatic rings. The van der Waals surface area contributed by atoms with Crippen molar-refractivity contribution in [3.8, 4) is 63.1 Å². The molecule has 0 aliphatic carbocycles. The molecule has 5 rings (SSSR count). The molecule has 0 amide bonds. The Labute approximate surface area is 290 Å². The number of aromatic amines is 1. The summed E-state index contributed by atoms with van der Waals surface area (Å²) in [5.74, 6) is 2.49. The summed E-state index contributed by atoms with van der Waals surface area (Å²) in [5.41, 5.74) is 0.534. The van der Waals surface area contributed by atoms with Crippen LogP contribution in [0.4, 0.5) is 0 Å². The van der Waals surface area contributed by atoms with E-state index in [1.165, 1.54) is 47.3 Å². The fourth-order valence-corrected chi connectivity index (χ4v) is 6.03. The summed E-state index contributed by atoms with van der Waals surface area (Å²) < 4.78 is 39.9. The van der Waals surface area contributed by atoms with Crippen LogP contribution in [-0.4, -0.2) is 57.9 Å². The smallest absolute Gasteiger partial charge is 0.270 e. The van der Waals surface area contributed by atoms with Crippen LogP contribution in [0.3, 0.4) is 0 Å². The molecule has 0 radical (unpaired) electrons. The summed E-state index contributed by atoms with van der Waals surface area (Å²) in [6, 6.07) is 15.2. The minimum Gasteiger partial charge on any atom is -0.496 e. The quantitative estimate of drug-likeness (QED) is 0.0740. The van der Waals surface area contributed by atoms with Crippen LogP contribution >= 0.6 is 23.4 Å². The average molecular weight is 706 g/mol. The molecule has 0 aliphatic heterocycles. The summed E-state index contributed by atoms with van der Waals surface area (Å²) in [4.78, 5) is 33.9. The van der Waals surface area contributed by atoms with E-state index in [0.29, 0.717) is 62.9 Å². The van der Waals surface area contributed by atoms with E-state index in [4.69, 9.17) is 44.4 Å². The van der Waals surface area contributed by atoms with Gasteiger partial charge in [0, 0.05) is 34.0 Å². The molecule has 2 aromatic heterocycles. The van der Waals surface area contributed by atoms with Crippen molar-refractivity contribution in [2.24, 2.45) is 0 Å². The van der Waals surface area contributed by atoms with Crippen molar-refractivity contribution in [2.75, 3.05) is 47.9 Å². The van der Waals surface area contributed by atoms with E-state index in [0.717, 1.165) is 0 Å². The van der Waals surface area contributed by atoms with Gasteiger partial charge in [0.15, 0.2) is 22.4 Å². The molecule has 3 aromatic carbocycles. The third-order valence-electron chi connectivity index (χ3n) is 7.42. The number of unbranched alkanes of at least 4 members (excludes halogenated alkanes) is 1. The number of thioether (sulfide) groups is 1. The van der Waals surface area contributed by atoms with Gasteiger partial charge in [-0.1, -0.05) is 35.5 Å². The Morgan fingerprint density at radius 1 is 0.857 bits per heavy atom. The first-order chi connectivity index (χ1) is 23.8. The summed E-state index contributed by atoms with van der Waals surface area (Å²) in [5, 5.41) is 10.6. The fourth-order valence-electron chi connectivity index (χ4n) is 5.04. The zero-order chi connectivity index (χ0) is 35.1. The highest BCUT2D eigenvalue weighted by Gasteiger charge is 2.24. The number of aromatic nitrogens is 2. The molecule has 0 fully saturated rings. The number of ether oxygens (including phenoxy) is 6. The van der Waals surface area contributed by atoms with Crippen molar-refractivity contribution in [1.82, 2.24) is 9.97 Å². The highest BCUT2D eigenvalue weighted by Crippen LogP contribution is 2.44. The predicted molar refractivity (Wildman–Crippen MR) is 186 cm³/mol. The molecule has 0 atom stereocenters. The van der Waals surface area contributed by atoms with E-state index >= 15 is 0 Å². The van der Waals surface area contributed by atoms with Crippen LogP contribution in [0.25, 0.3) is 33.6 Å². The van der Waals surface area contributed by atoms with Gasteiger partial charge in [0.05, 0.1) is 47.8 Å². The van der Waals surface area contributed by atoms with Crippen LogP contribution in [-0.2, 0) is 0 Å². The largest absolute Gasteiger partial charge is 0.496 e. The van der Waals surface area contributed by atoms with E-state index in [1.54, 1.807) is 48.5 Å². The molecule has 254 valence electrons. The Kier molecular flexibility index (Phi) is 11.2. The number of nitrogens with zero attached hydrogens (tertiary/aromatic N) is 2. The van der Waals surface area contributed by atoms with Crippen molar-refractivity contribution in [2.45, 2.75) is 18.0 Å². The van der Waals surface area contributed by atoms with Crippen LogP contribution in [0.15, 0.2) is 67.7 Å². The molecule has 12 nitrogen and oxygen atoms in total. The summed E-state index contributed by atoms with van der Waals surface area (Å²) >= 11 is 7.34. The normalized spacial score (nSPS) is 10.8. The molecule has 0 bridgehead atoms. The van der Waals surface area contributed by atoms with E-state index in [2.05, 4.69) is 9.97 Å². The first-order valence-corrected chi connectivity index (χ1v) is 16.2. The van der Waals surface area contributed by atoms with E-state index in [-0.39, 0.29) is 46.1 Å². The van der Waals surface area contributed by atoms with Crippen LogP contribution in [0, 0.1) is 11.3 Å². The lowest BCUT2D eigenvalue weighted by Gasteiger charge is -2.17. The molecule has 0 saturated carbocycles. The summed E-state index contributed by atoms with van der Waals surface area (Å²) in [6.45, 7) is 0.167. The molecule has 1 N–H and O–H groups in total. The average Bonchev–Trinajstić information content (AvgIpc) is 3.12. The molecular weight excluding hydrogens is 674 g/mol. The van der Waals surface area contributed by atoms with E-state index < -0.39 is 11.0 Å². The van der Waals surface area contributed by atoms with Gasteiger partial charge in [0.2, 0.25) is 16.9 Å². The number of hydrogen-bond donors (Lipinski definition) is 1. The van der Waals surface area contributed by atoms with Crippen molar-refractivity contribution in [1.29, 1.82) is 5.26 Å². The Morgan fingerprint density at radius 3 is 2.16 bits per heavy atom. The monoisotopic (exact) mass is 705 g/mol. The minimum atomic E-state index is -0.524. The standard InChI is InChI=1S/C35H32ClN3O9S/c1-42-22-16-24(43-2)28-25(17-22)48-31(20-14-26(44-3)32(46-5)27(15-20)45-4)33(30(28)40)47-12-6-7-13-49-35-38-29(23(18-37)34(41)39-35)19-8-10-21(36)11-9-19/h8-11,14-17H,6-7,12-13H2,1-5H3,(H,38,39,41). The second-order valence-corrected chi connectivity index (χ2v) is 11.8. The molecule has 2 heterocycles. The lowest BCUT2D eigenvalue weighted by Crippen LogP contribution is -2.15. The van der Waals surface area contributed by atoms with Gasteiger partial charge >= 0.3 is 0 Å². The van der Waals surface area contributed by atoms with Gasteiger partial charge in [-0.25, -0.2) is 4.98 Å². The lowest BCUT2D eigenvalue weighted by atomic mass is 10.1. The maximum absolute atomic E-state index is 14.0. The minimum absolute atomic E-state index is 0.0245. The first-order valence-electron chi connectivity index (χ1n) is 14.9. The highest BCUT2D eigenvalue weighted by molar-refractivity contribution is 7.99. The number of benzene rings is 3. The number of halogens is 1. The third-order valence-corrected chi connectivity index (χ3v) is 8.64. The molecular formula is C35H32ClN3O9S. The first kappa shape index (κ1) is 35.0. The number of nitrogens with one attached hydrogen (secondary N) is 1. The Balaban J connectivity index is 1.40. The van der Waals surface area contributed by atoms with Crippen molar-refractivity contribution >= 4 is 34.3 Å². The second-order valence-electron chi connectivity index (χ2n) is 10.3. The number of fused-ring (bicyclic) bond motifs is 1. The number of methoxy groups -OCH3 is 5. The summed E-state index contributed by atoms with van der Waals surface area (Å²) in [6.07, 6.45) is 1.19. The third kappa shape index (κ3) is 7.40. The number of hydrogen-bond acceptors (Lipinski definition) is 12. The van der Waals surface area contributed by atoms with Gasteiger partial charge in [-0.2, -0.15) is 5.26 Å². The zero-order valence-corrected chi connectivity index (χ0v) is 28.9. The SMILES string of the molecule is COc1cc(OC)c2c(=O)c(OCCCCSc3nc(-c4ccc(Cl)cc4)c(C#N)c(=O)[nH]3)c(-c3cc(OC)c(OC)c(OC)c3)oc2c1.